The smallest absolute Gasteiger partial charge is 0.211 e. The molecule has 19 heavy (non-hydrogen) atoms. The van der Waals surface area contributed by atoms with Gasteiger partial charge in [0.2, 0.25) is 10.0 Å². The molecule has 0 saturated heterocycles. The first-order valence-corrected chi connectivity index (χ1v) is 9.05. The first kappa shape index (κ1) is 16.9. The summed E-state index contributed by atoms with van der Waals surface area (Å²) in [7, 11) is -3.11. The molecule has 5 nitrogen and oxygen atoms in total. The topological polar surface area (TPSA) is 67.4 Å². The molecule has 2 N–H and O–H groups in total. The van der Waals surface area contributed by atoms with Crippen LogP contribution in [0.2, 0.25) is 0 Å². The molecule has 0 heterocycles. The van der Waals surface area contributed by atoms with E-state index >= 15 is 0 Å². The molecule has 1 saturated carbocycles. The molecular weight excluding hydrogens is 264 g/mol. The molecular formula is C13H28N2O3S. The van der Waals surface area contributed by atoms with Gasteiger partial charge in [0.15, 0.2) is 0 Å². The van der Waals surface area contributed by atoms with Crippen LogP contribution in [0.5, 0.6) is 0 Å². The van der Waals surface area contributed by atoms with Gasteiger partial charge >= 0.3 is 0 Å². The van der Waals surface area contributed by atoms with Crippen LogP contribution >= 0.6 is 0 Å². The molecule has 114 valence electrons. The number of sulfonamides is 1. The summed E-state index contributed by atoms with van der Waals surface area (Å²) in [5, 5.41) is 3.27. The van der Waals surface area contributed by atoms with E-state index < -0.39 is 10.0 Å². The lowest BCUT2D eigenvalue weighted by Gasteiger charge is -2.35. The average molecular weight is 292 g/mol. The van der Waals surface area contributed by atoms with Crippen molar-refractivity contribution < 1.29 is 13.2 Å². The largest absolute Gasteiger partial charge is 0.378 e. The van der Waals surface area contributed by atoms with Crippen LogP contribution in [0.15, 0.2) is 0 Å². The van der Waals surface area contributed by atoms with Gasteiger partial charge in [0.1, 0.15) is 0 Å². The van der Waals surface area contributed by atoms with E-state index in [-0.39, 0.29) is 17.9 Å². The van der Waals surface area contributed by atoms with E-state index in [0.29, 0.717) is 13.0 Å². The van der Waals surface area contributed by atoms with Crippen molar-refractivity contribution in [3.05, 3.63) is 0 Å². The molecule has 0 aliphatic heterocycles. The highest BCUT2D eigenvalue weighted by molar-refractivity contribution is 7.89. The molecule has 0 atom stereocenters. The Bertz CT molecular complexity index is 327. The predicted octanol–water partition coefficient (Wildman–Crippen LogP) is 1.25. The molecule has 0 unspecified atom stereocenters. The van der Waals surface area contributed by atoms with Crippen LogP contribution in [0.4, 0.5) is 0 Å². The molecule has 0 aromatic heterocycles. The van der Waals surface area contributed by atoms with E-state index in [1.165, 1.54) is 0 Å². The number of hydrogen-bond acceptors (Lipinski definition) is 4. The van der Waals surface area contributed by atoms with Gasteiger partial charge in [-0.25, -0.2) is 13.1 Å². The summed E-state index contributed by atoms with van der Waals surface area (Å²) >= 11 is 0. The molecule has 1 aliphatic rings. The number of nitrogens with one attached hydrogen (secondary N) is 2. The number of hydrogen-bond donors (Lipinski definition) is 2. The summed E-state index contributed by atoms with van der Waals surface area (Å²) in [6.45, 7) is 6.69. The van der Waals surface area contributed by atoms with Crippen molar-refractivity contribution in [1.29, 1.82) is 0 Å². The number of ether oxygens (including phenoxy) is 1. The number of unbranched alkanes of at least 4 members (excludes halogenated alkanes) is 1. The summed E-state index contributed by atoms with van der Waals surface area (Å²) < 4.78 is 31.8. The van der Waals surface area contributed by atoms with Crippen LogP contribution in [0.3, 0.4) is 0 Å². The van der Waals surface area contributed by atoms with Crippen molar-refractivity contribution in [2.24, 2.45) is 0 Å². The Morgan fingerprint density at radius 3 is 2.53 bits per heavy atom. The van der Waals surface area contributed by atoms with E-state index in [1.807, 2.05) is 6.92 Å². The molecule has 0 aromatic rings. The van der Waals surface area contributed by atoms with Gasteiger partial charge in [-0.1, -0.05) is 6.92 Å². The van der Waals surface area contributed by atoms with Gasteiger partial charge in [-0.3, -0.25) is 0 Å². The molecule has 0 bridgehead atoms. The first-order valence-electron chi connectivity index (χ1n) is 7.39. The molecule has 0 spiro atoms. The average Bonchev–Trinajstić information content (AvgIpc) is 2.31. The van der Waals surface area contributed by atoms with Crippen LogP contribution in [-0.2, 0) is 14.8 Å². The Hall–Kier alpha value is -0.170. The first-order chi connectivity index (χ1) is 9.07. The number of rotatable bonds is 11. The maximum Gasteiger partial charge on any atom is 0.211 e. The van der Waals surface area contributed by atoms with Gasteiger partial charge in [0, 0.05) is 12.6 Å². The van der Waals surface area contributed by atoms with Crippen molar-refractivity contribution in [2.45, 2.75) is 58.1 Å². The summed E-state index contributed by atoms with van der Waals surface area (Å²) in [5.74, 6) is 0.233. The lowest BCUT2D eigenvalue weighted by molar-refractivity contribution is -0.00475. The molecule has 0 amide bonds. The maximum atomic E-state index is 11.8. The Labute approximate surface area is 117 Å². The van der Waals surface area contributed by atoms with Gasteiger partial charge in [-0.2, -0.15) is 0 Å². The van der Waals surface area contributed by atoms with Crippen LogP contribution in [0.25, 0.3) is 0 Å². The van der Waals surface area contributed by atoms with Gasteiger partial charge in [0.05, 0.1) is 11.9 Å². The van der Waals surface area contributed by atoms with Crippen molar-refractivity contribution in [3.63, 3.8) is 0 Å². The highest BCUT2D eigenvalue weighted by atomic mass is 32.2. The van der Waals surface area contributed by atoms with Crippen LogP contribution in [0, 0.1) is 0 Å². The molecule has 1 aliphatic carbocycles. The molecule has 1 fully saturated rings. The Balaban J connectivity index is 2.05. The van der Waals surface area contributed by atoms with Crippen molar-refractivity contribution in [1.82, 2.24) is 10.0 Å². The normalized spacial score (nSPS) is 23.3. The standard InChI is InChI=1S/C13H28N2O3S/c1-3-7-14-8-5-6-9-19(16,17)15-12-10-13(11-12)18-4-2/h12-15H,3-11H2,1-2H3. The predicted molar refractivity (Wildman–Crippen MR) is 77.8 cm³/mol. The summed E-state index contributed by atoms with van der Waals surface area (Å²) in [4.78, 5) is 0. The zero-order valence-corrected chi connectivity index (χ0v) is 13.0. The SMILES string of the molecule is CCCNCCCCS(=O)(=O)NC1CC(OCC)C1. The third-order valence-corrected chi connectivity index (χ3v) is 4.81. The third-order valence-electron chi connectivity index (χ3n) is 3.29. The van der Waals surface area contributed by atoms with E-state index in [1.54, 1.807) is 0 Å². The minimum absolute atomic E-state index is 0.0831. The van der Waals surface area contributed by atoms with Crippen molar-refractivity contribution in [2.75, 3.05) is 25.4 Å². The highest BCUT2D eigenvalue weighted by Crippen LogP contribution is 2.23. The quantitative estimate of drug-likeness (QED) is 0.563. The Kier molecular flexibility index (Phi) is 7.90. The second-order valence-corrected chi connectivity index (χ2v) is 7.01. The Morgan fingerprint density at radius 1 is 1.16 bits per heavy atom. The monoisotopic (exact) mass is 292 g/mol. The fraction of sp³-hybridized carbons (Fsp3) is 1.00. The molecule has 6 heteroatoms. The Morgan fingerprint density at radius 2 is 1.89 bits per heavy atom. The maximum absolute atomic E-state index is 11.8. The van der Waals surface area contributed by atoms with Gasteiger partial charge in [0.25, 0.3) is 0 Å². The second-order valence-electron chi connectivity index (χ2n) is 5.14. The van der Waals surface area contributed by atoms with Crippen LogP contribution < -0.4 is 10.0 Å². The highest BCUT2D eigenvalue weighted by Gasteiger charge is 2.32. The van der Waals surface area contributed by atoms with Crippen LogP contribution in [-0.4, -0.2) is 46.0 Å². The van der Waals surface area contributed by atoms with E-state index in [4.69, 9.17) is 4.74 Å². The van der Waals surface area contributed by atoms with E-state index in [9.17, 15) is 8.42 Å². The van der Waals surface area contributed by atoms with Crippen molar-refractivity contribution in [3.8, 4) is 0 Å². The minimum Gasteiger partial charge on any atom is -0.378 e. The zero-order valence-electron chi connectivity index (χ0n) is 12.2. The third kappa shape index (κ3) is 7.25. The zero-order chi connectivity index (χ0) is 14.1. The summed E-state index contributed by atoms with van der Waals surface area (Å²) in [5.41, 5.74) is 0. The molecule has 0 aromatic carbocycles. The van der Waals surface area contributed by atoms with Gasteiger partial charge in [-0.15, -0.1) is 0 Å². The van der Waals surface area contributed by atoms with Gasteiger partial charge in [-0.05, 0) is 52.1 Å². The minimum atomic E-state index is -3.11. The molecule has 0 radical (unpaired) electrons. The van der Waals surface area contributed by atoms with Crippen molar-refractivity contribution >= 4 is 10.0 Å². The second kappa shape index (κ2) is 8.89. The van der Waals surface area contributed by atoms with Gasteiger partial charge < -0.3 is 10.1 Å². The fourth-order valence-electron chi connectivity index (χ4n) is 2.19. The van der Waals surface area contributed by atoms with E-state index in [0.717, 1.165) is 38.8 Å². The summed E-state index contributed by atoms with van der Waals surface area (Å²) in [6.07, 6.45) is 4.61. The molecule has 1 rings (SSSR count). The fourth-order valence-corrected chi connectivity index (χ4v) is 3.59. The van der Waals surface area contributed by atoms with Crippen LogP contribution in [0.1, 0.15) is 46.0 Å². The lowest BCUT2D eigenvalue weighted by Crippen LogP contribution is -2.48. The lowest BCUT2D eigenvalue weighted by atomic mass is 9.90. The summed E-state index contributed by atoms with van der Waals surface area (Å²) in [6, 6.07) is 0.0831. The van der Waals surface area contributed by atoms with E-state index in [2.05, 4.69) is 17.0 Å².